The van der Waals surface area contributed by atoms with Crippen molar-refractivity contribution in [3.8, 4) is 5.88 Å². The molecule has 1 amide bonds. The molecule has 0 radical (unpaired) electrons. The van der Waals surface area contributed by atoms with Crippen molar-refractivity contribution in [3.05, 3.63) is 64.1 Å². The summed E-state index contributed by atoms with van der Waals surface area (Å²) in [5.41, 5.74) is 0.754. The van der Waals surface area contributed by atoms with E-state index in [-0.39, 0.29) is 17.7 Å². The first-order valence-electron chi connectivity index (χ1n) is 8.69. The van der Waals surface area contributed by atoms with Crippen LogP contribution in [0.5, 0.6) is 5.88 Å². The van der Waals surface area contributed by atoms with Crippen LogP contribution in [-0.4, -0.2) is 44.9 Å². The second-order valence-corrected chi connectivity index (χ2v) is 6.29. The van der Waals surface area contributed by atoms with Gasteiger partial charge in [0.2, 0.25) is 11.8 Å². The van der Waals surface area contributed by atoms with Crippen LogP contribution in [0.25, 0.3) is 6.08 Å². The van der Waals surface area contributed by atoms with Gasteiger partial charge in [0.1, 0.15) is 11.9 Å². The number of aromatic nitrogens is 2. The molecule has 2 aromatic rings. The molecule has 1 aromatic carbocycles. The Morgan fingerprint density at radius 1 is 1.33 bits per heavy atom. The van der Waals surface area contributed by atoms with Gasteiger partial charge < -0.3 is 9.64 Å². The van der Waals surface area contributed by atoms with Gasteiger partial charge in [0.15, 0.2) is 0 Å². The highest BCUT2D eigenvalue weighted by molar-refractivity contribution is 5.91. The van der Waals surface area contributed by atoms with E-state index in [0.29, 0.717) is 24.8 Å². The van der Waals surface area contributed by atoms with Crippen LogP contribution in [0.1, 0.15) is 24.2 Å². The lowest BCUT2D eigenvalue weighted by Gasteiger charge is -2.32. The third-order valence-electron chi connectivity index (χ3n) is 4.25. The highest BCUT2D eigenvalue weighted by Gasteiger charge is 2.24. The quantitative estimate of drug-likeness (QED) is 0.457. The molecule has 8 nitrogen and oxygen atoms in total. The summed E-state index contributed by atoms with van der Waals surface area (Å²) >= 11 is 0. The van der Waals surface area contributed by atoms with Gasteiger partial charge in [-0.15, -0.1) is 0 Å². The van der Waals surface area contributed by atoms with Gasteiger partial charge in [-0.1, -0.05) is 0 Å². The molecule has 1 saturated heterocycles. The first-order valence-corrected chi connectivity index (χ1v) is 8.69. The predicted molar refractivity (Wildman–Crippen MR) is 99.1 cm³/mol. The summed E-state index contributed by atoms with van der Waals surface area (Å²) in [7, 11) is 0. The monoisotopic (exact) mass is 368 g/mol. The van der Waals surface area contributed by atoms with Crippen molar-refractivity contribution in [2.24, 2.45) is 0 Å². The molecule has 27 heavy (non-hydrogen) atoms. The van der Waals surface area contributed by atoms with Gasteiger partial charge in [0.25, 0.3) is 5.69 Å². The average molecular weight is 368 g/mol. The van der Waals surface area contributed by atoms with Crippen LogP contribution in [0, 0.1) is 17.0 Å². The molecule has 1 unspecified atom stereocenters. The zero-order valence-corrected chi connectivity index (χ0v) is 14.9. The number of likely N-dealkylation sites (tertiary alicyclic amines) is 1. The molecule has 2 heterocycles. The first-order chi connectivity index (χ1) is 13.0. The van der Waals surface area contributed by atoms with Gasteiger partial charge in [-0.25, -0.2) is 4.98 Å². The van der Waals surface area contributed by atoms with Gasteiger partial charge in [-0.3, -0.25) is 14.9 Å². The SMILES string of the molecule is Cc1nccc(OC2CCCN(C(=O)/C=C/c3ccc([N+](=O)[O-])cc3)C2)n1. The van der Waals surface area contributed by atoms with Gasteiger partial charge >= 0.3 is 0 Å². The standard InChI is InChI=1S/C19H20N4O4/c1-14-20-11-10-18(21-14)27-17-3-2-12-22(13-17)19(24)9-6-15-4-7-16(8-5-15)23(25)26/h4-11,17H,2-3,12-13H2,1H3/b9-6+. The molecule has 0 bridgehead atoms. The molecule has 0 saturated carbocycles. The Balaban J connectivity index is 1.58. The Morgan fingerprint density at radius 3 is 2.81 bits per heavy atom. The van der Waals surface area contributed by atoms with E-state index in [9.17, 15) is 14.9 Å². The molecule has 1 fully saturated rings. The van der Waals surface area contributed by atoms with Crippen LogP contribution >= 0.6 is 0 Å². The summed E-state index contributed by atoms with van der Waals surface area (Å²) in [6.45, 7) is 2.96. The molecule has 140 valence electrons. The Kier molecular flexibility index (Phi) is 5.75. The summed E-state index contributed by atoms with van der Waals surface area (Å²) in [6.07, 6.45) is 6.40. The van der Waals surface area contributed by atoms with Crippen molar-refractivity contribution in [3.63, 3.8) is 0 Å². The molecule has 1 aliphatic heterocycles. The number of hydrogen-bond donors (Lipinski definition) is 0. The number of carbonyl (C=O) groups is 1. The van der Waals surface area contributed by atoms with Crippen molar-refractivity contribution in [1.82, 2.24) is 14.9 Å². The summed E-state index contributed by atoms with van der Waals surface area (Å²) in [5.74, 6) is 1.05. The maximum absolute atomic E-state index is 12.4. The Labute approximate surface area is 156 Å². The fourth-order valence-corrected chi connectivity index (χ4v) is 2.89. The Bertz CT molecular complexity index is 851. The molecule has 1 atom stereocenters. The van der Waals surface area contributed by atoms with Gasteiger partial charge in [0, 0.05) is 37.0 Å². The van der Waals surface area contributed by atoms with E-state index in [2.05, 4.69) is 9.97 Å². The lowest BCUT2D eigenvalue weighted by Crippen LogP contribution is -2.43. The third-order valence-corrected chi connectivity index (χ3v) is 4.25. The van der Waals surface area contributed by atoms with Crippen molar-refractivity contribution in [2.75, 3.05) is 13.1 Å². The van der Waals surface area contributed by atoms with Crippen LogP contribution in [0.15, 0.2) is 42.6 Å². The number of hydrogen-bond acceptors (Lipinski definition) is 6. The second kappa shape index (κ2) is 8.39. The average Bonchev–Trinajstić information content (AvgIpc) is 2.66. The number of ether oxygens (including phenoxy) is 1. The van der Waals surface area contributed by atoms with Gasteiger partial charge in [-0.2, -0.15) is 4.98 Å². The third kappa shape index (κ3) is 5.10. The van der Waals surface area contributed by atoms with Crippen LogP contribution in [0.2, 0.25) is 0 Å². The minimum absolute atomic E-state index is 0.0226. The van der Waals surface area contributed by atoms with E-state index >= 15 is 0 Å². The van der Waals surface area contributed by atoms with Gasteiger partial charge in [0.05, 0.1) is 11.5 Å². The van der Waals surface area contributed by atoms with Crippen molar-refractivity contribution in [2.45, 2.75) is 25.9 Å². The van der Waals surface area contributed by atoms with E-state index in [1.165, 1.54) is 18.2 Å². The highest BCUT2D eigenvalue weighted by atomic mass is 16.6. The van der Waals surface area contributed by atoms with Crippen molar-refractivity contribution >= 4 is 17.7 Å². The van der Waals surface area contributed by atoms with Crippen molar-refractivity contribution in [1.29, 1.82) is 0 Å². The minimum atomic E-state index is -0.453. The fourth-order valence-electron chi connectivity index (χ4n) is 2.89. The second-order valence-electron chi connectivity index (χ2n) is 6.29. The first kappa shape index (κ1) is 18.5. The zero-order valence-electron chi connectivity index (χ0n) is 14.9. The van der Waals surface area contributed by atoms with E-state index in [4.69, 9.17) is 4.74 Å². The Hall–Kier alpha value is -3.29. The molecule has 0 aliphatic carbocycles. The van der Waals surface area contributed by atoms with E-state index in [1.54, 1.807) is 42.3 Å². The molecule has 0 spiro atoms. The number of carbonyl (C=O) groups excluding carboxylic acids is 1. The van der Waals surface area contributed by atoms with Gasteiger partial charge in [-0.05, 0) is 43.5 Å². The number of piperidine rings is 1. The number of rotatable bonds is 5. The van der Waals surface area contributed by atoms with E-state index in [1.807, 2.05) is 0 Å². The Morgan fingerprint density at radius 2 is 2.11 bits per heavy atom. The van der Waals surface area contributed by atoms with Crippen LogP contribution in [-0.2, 0) is 4.79 Å². The largest absolute Gasteiger partial charge is 0.472 e. The zero-order chi connectivity index (χ0) is 19.2. The number of aryl methyl sites for hydroxylation is 1. The fraction of sp³-hybridized carbons (Fsp3) is 0.316. The lowest BCUT2D eigenvalue weighted by molar-refractivity contribution is -0.384. The smallest absolute Gasteiger partial charge is 0.269 e. The summed E-state index contributed by atoms with van der Waals surface area (Å²) in [4.78, 5) is 32.7. The lowest BCUT2D eigenvalue weighted by atomic mass is 10.1. The van der Waals surface area contributed by atoms with E-state index in [0.717, 1.165) is 18.4 Å². The molecule has 1 aliphatic rings. The summed E-state index contributed by atoms with van der Waals surface area (Å²) < 4.78 is 5.88. The van der Waals surface area contributed by atoms with Crippen LogP contribution < -0.4 is 4.74 Å². The molecule has 8 heteroatoms. The summed E-state index contributed by atoms with van der Waals surface area (Å²) in [6, 6.07) is 7.77. The maximum Gasteiger partial charge on any atom is 0.269 e. The topological polar surface area (TPSA) is 98.5 Å². The minimum Gasteiger partial charge on any atom is -0.472 e. The number of benzene rings is 1. The summed E-state index contributed by atoms with van der Waals surface area (Å²) in [5, 5.41) is 10.7. The number of nitro benzene ring substituents is 1. The predicted octanol–water partition coefficient (Wildman–Crippen LogP) is 2.78. The molecule has 3 rings (SSSR count). The highest BCUT2D eigenvalue weighted by Crippen LogP contribution is 2.18. The van der Waals surface area contributed by atoms with Crippen LogP contribution in [0.4, 0.5) is 5.69 Å². The molecular formula is C19H20N4O4. The number of nitro groups is 1. The number of nitrogens with zero attached hydrogens (tertiary/aromatic N) is 4. The van der Waals surface area contributed by atoms with Crippen LogP contribution in [0.3, 0.4) is 0 Å². The normalized spacial score (nSPS) is 17.1. The number of non-ortho nitro benzene ring substituents is 1. The van der Waals surface area contributed by atoms with E-state index < -0.39 is 4.92 Å². The molecule has 0 N–H and O–H groups in total. The molecule has 1 aromatic heterocycles. The maximum atomic E-state index is 12.4. The molecular weight excluding hydrogens is 348 g/mol. The number of amides is 1. The van der Waals surface area contributed by atoms with Crippen molar-refractivity contribution < 1.29 is 14.5 Å².